The van der Waals surface area contributed by atoms with Gasteiger partial charge in [-0.1, -0.05) is 11.6 Å². The maximum atomic E-state index is 10.3. The van der Waals surface area contributed by atoms with E-state index in [0.29, 0.717) is 12.8 Å². The van der Waals surface area contributed by atoms with Crippen molar-refractivity contribution in [3.05, 3.63) is 15.0 Å². The van der Waals surface area contributed by atoms with E-state index in [1.54, 1.807) is 0 Å². The molecule has 1 aliphatic rings. The molecular weight excluding hydrogens is 148 g/mol. The molecule has 5 heteroatoms. The first-order valence-corrected chi connectivity index (χ1v) is 3.71. The van der Waals surface area contributed by atoms with Gasteiger partial charge in [0.2, 0.25) is 6.04 Å². The Labute approximate surface area is 63.9 Å². The maximum Gasteiger partial charge on any atom is 0.238 e. The third kappa shape index (κ3) is 1.72. The smallest absolute Gasteiger partial charge is 0.238 e. The predicted octanol–water partition coefficient (Wildman–Crippen LogP) is 1.34. The summed E-state index contributed by atoms with van der Waals surface area (Å²) < 4.78 is 0. The first-order valence-electron chi connectivity index (χ1n) is 3.71. The lowest BCUT2D eigenvalue weighted by atomic mass is 9.91. The topological polar surface area (TPSA) is 72.6 Å². The monoisotopic (exact) mass is 158 g/mol. The largest absolute Gasteiger partial charge is 0.264 e. The van der Waals surface area contributed by atoms with Crippen molar-refractivity contribution >= 4 is 0 Å². The van der Waals surface area contributed by atoms with E-state index in [1.165, 1.54) is 0 Å². The van der Waals surface area contributed by atoms with E-state index in [0.717, 1.165) is 12.8 Å². The average Bonchev–Trinajstić information content (AvgIpc) is 2.04. The van der Waals surface area contributed by atoms with Gasteiger partial charge in [-0.25, -0.2) is 0 Å². The Balaban J connectivity index is 2.58. The van der Waals surface area contributed by atoms with E-state index in [2.05, 4.69) is 5.18 Å². The third-order valence-electron chi connectivity index (χ3n) is 2.10. The van der Waals surface area contributed by atoms with Crippen LogP contribution in [0.4, 0.5) is 0 Å². The maximum absolute atomic E-state index is 10.3. The number of hydrogen-bond acceptors (Lipinski definition) is 4. The van der Waals surface area contributed by atoms with E-state index >= 15 is 0 Å². The lowest BCUT2D eigenvalue weighted by molar-refractivity contribution is -0.528. The highest BCUT2D eigenvalue weighted by Crippen LogP contribution is 2.22. The van der Waals surface area contributed by atoms with Crippen LogP contribution in [0.1, 0.15) is 25.7 Å². The van der Waals surface area contributed by atoms with Crippen LogP contribution in [0.5, 0.6) is 0 Å². The van der Waals surface area contributed by atoms with Gasteiger partial charge in [0.05, 0.1) is 0 Å². The lowest BCUT2D eigenvalue weighted by Gasteiger charge is -2.18. The second-order valence-electron chi connectivity index (χ2n) is 2.81. The zero-order valence-electron chi connectivity index (χ0n) is 6.10. The predicted molar refractivity (Wildman–Crippen MR) is 38.8 cm³/mol. The first-order chi connectivity index (χ1) is 5.25. The van der Waals surface area contributed by atoms with Gasteiger partial charge in [-0.05, 0) is 12.8 Å². The highest BCUT2D eigenvalue weighted by atomic mass is 16.6. The number of rotatable bonds is 2. The SMILES string of the molecule is O=NC1CCCCC1[N+](=O)[O-]. The van der Waals surface area contributed by atoms with Crippen molar-refractivity contribution < 1.29 is 4.92 Å². The molecule has 0 bridgehead atoms. The van der Waals surface area contributed by atoms with Crippen molar-refractivity contribution in [2.75, 3.05) is 0 Å². The van der Waals surface area contributed by atoms with Crippen LogP contribution < -0.4 is 0 Å². The molecule has 0 spiro atoms. The molecule has 62 valence electrons. The third-order valence-corrected chi connectivity index (χ3v) is 2.10. The standard InChI is InChI=1S/C6H10N2O3/c9-7-5-3-1-2-4-6(5)8(10)11/h5-6H,1-4H2. The summed E-state index contributed by atoms with van der Waals surface area (Å²) in [6.07, 6.45) is 2.82. The molecule has 11 heavy (non-hydrogen) atoms. The number of nitrogens with zero attached hydrogens (tertiary/aromatic N) is 2. The molecule has 0 aromatic heterocycles. The molecule has 1 aliphatic carbocycles. The summed E-state index contributed by atoms with van der Waals surface area (Å²) in [6.45, 7) is 0. The normalized spacial score (nSPS) is 31.3. The van der Waals surface area contributed by atoms with E-state index in [4.69, 9.17) is 0 Å². The van der Waals surface area contributed by atoms with E-state index < -0.39 is 12.1 Å². The molecule has 0 radical (unpaired) electrons. The van der Waals surface area contributed by atoms with Crippen molar-refractivity contribution in [2.45, 2.75) is 37.8 Å². The summed E-state index contributed by atoms with van der Waals surface area (Å²) in [5.74, 6) is 0. The van der Waals surface area contributed by atoms with Crippen LogP contribution in [-0.2, 0) is 0 Å². The van der Waals surface area contributed by atoms with Crippen LogP contribution in [0.3, 0.4) is 0 Å². The van der Waals surface area contributed by atoms with Gasteiger partial charge in [0.1, 0.15) is 0 Å². The minimum Gasteiger partial charge on any atom is -0.264 e. The Morgan fingerprint density at radius 2 is 2.00 bits per heavy atom. The minimum absolute atomic E-state index is 0.384. The summed E-state index contributed by atoms with van der Waals surface area (Å²) in [7, 11) is 0. The Bertz CT molecular complexity index is 171. The van der Waals surface area contributed by atoms with E-state index in [-0.39, 0.29) is 4.92 Å². The van der Waals surface area contributed by atoms with Gasteiger partial charge in [-0.3, -0.25) is 10.1 Å². The van der Waals surface area contributed by atoms with Crippen LogP contribution in [0.15, 0.2) is 5.18 Å². The Kier molecular flexibility index (Phi) is 2.51. The van der Waals surface area contributed by atoms with Gasteiger partial charge in [0.25, 0.3) is 0 Å². The number of nitro groups is 1. The molecule has 1 saturated carbocycles. The first kappa shape index (κ1) is 8.10. The van der Waals surface area contributed by atoms with Crippen molar-refractivity contribution in [3.8, 4) is 0 Å². The molecule has 2 atom stereocenters. The average molecular weight is 158 g/mol. The van der Waals surface area contributed by atoms with Crippen molar-refractivity contribution in [1.82, 2.24) is 0 Å². The van der Waals surface area contributed by atoms with Gasteiger partial charge >= 0.3 is 0 Å². The number of hydrogen-bond donors (Lipinski definition) is 0. The lowest BCUT2D eigenvalue weighted by Crippen LogP contribution is -2.34. The van der Waals surface area contributed by atoms with Gasteiger partial charge in [-0.2, -0.15) is 4.91 Å². The highest BCUT2D eigenvalue weighted by Gasteiger charge is 2.34. The second kappa shape index (κ2) is 3.41. The van der Waals surface area contributed by atoms with Crippen LogP contribution in [0, 0.1) is 15.0 Å². The summed E-state index contributed by atoms with van der Waals surface area (Å²) in [5.41, 5.74) is 0. The van der Waals surface area contributed by atoms with Crippen LogP contribution in [0.25, 0.3) is 0 Å². The van der Waals surface area contributed by atoms with Crippen molar-refractivity contribution in [3.63, 3.8) is 0 Å². The Hall–Kier alpha value is -1.00. The van der Waals surface area contributed by atoms with Gasteiger partial charge < -0.3 is 0 Å². The summed E-state index contributed by atoms with van der Waals surface area (Å²) >= 11 is 0. The highest BCUT2D eigenvalue weighted by molar-refractivity contribution is 4.80. The summed E-state index contributed by atoms with van der Waals surface area (Å²) in [5, 5.41) is 13.1. The molecule has 1 rings (SSSR count). The Morgan fingerprint density at radius 3 is 2.45 bits per heavy atom. The summed E-state index contributed by atoms with van der Waals surface area (Å²) in [4.78, 5) is 20.1. The van der Waals surface area contributed by atoms with Crippen LogP contribution in [-0.4, -0.2) is 17.0 Å². The molecule has 0 heterocycles. The van der Waals surface area contributed by atoms with Crippen molar-refractivity contribution in [2.24, 2.45) is 5.18 Å². The number of nitroso groups, excluding NO2 is 1. The van der Waals surface area contributed by atoms with Crippen LogP contribution in [0.2, 0.25) is 0 Å². The van der Waals surface area contributed by atoms with Gasteiger partial charge in [-0.15, -0.1) is 0 Å². The molecule has 0 aromatic carbocycles. The molecule has 0 aliphatic heterocycles. The fraction of sp³-hybridized carbons (Fsp3) is 1.00. The summed E-state index contributed by atoms with van der Waals surface area (Å²) in [6, 6.07) is -1.31. The quantitative estimate of drug-likeness (QED) is 0.346. The van der Waals surface area contributed by atoms with Gasteiger partial charge in [0.15, 0.2) is 6.04 Å². The molecular formula is C6H10N2O3. The molecule has 1 fully saturated rings. The second-order valence-corrected chi connectivity index (χ2v) is 2.81. The molecule has 0 N–H and O–H groups in total. The molecule has 0 aromatic rings. The molecule has 0 amide bonds. The van der Waals surface area contributed by atoms with E-state index in [1.807, 2.05) is 0 Å². The van der Waals surface area contributed by atoms with Gasteiger partial charge in [0, 0.05) is 11.3 Å². The minimum atomic E-state index is -0.721. The fourth-order valence-corrected chi connectivity index (χ4v) is 1.46. The molecule has 0 saturated heterocycles. The van der Waals surface area contributed by atoms with E-state index in [9.17, 15) is 15.0 Å². The molecule has 5 nitrogen and oxygen atoms in total. The van der Waals surface area contributed by atoms with Crippen LogP contribution >= 0.6 is 0 Å². The zero-order valence-corrected chi connectivity index (χ0v) is 6.10. The fourth-order valence-electron chi connectivity index (χ4n) is 1.46. The zero-order chi connectivity index (χ0) is 8.27. The Morgan fingerprint density at radius 1 is 1.36 bits per heavy atom. The van der Waals surface area contributed by atoms with Crippen molar-refractivity contribution in [1.29, 1.82) is 0 Å². The molecule has 2 unspecified atom stereocenters.